The Morgan fingerprint density at radius 1 is 0.966 bits per heavy atom. The Hall–Kier alpha value is -3.50. The molecule has 7 nitrogen and oxygen atoms in total. The standard InChI is InChI=1S/C19H13F2N5O2S/c20-13-6-12-10-24-19(25-14-2-1-3-15(8-14)29(22,27)28)26-18(12)16(7-13)11-4-5-17(21)23-9-11/h1-10H,(H2,22,27,28)(H,24,25,26). The molecule has 146 valence electrons. The van der Waals surface area contributed by atoms with Crippen LogP contribution in [-0.4, -0.2) is 23.4 Å². The Kier molecular flexibility index (Phi) is 4.65. The molecule has 0 aliphatic carbocycles. The average molecular weight is 413 g/mol. The Balaban J connectivity index is 1.79. The van der Waals surface area contributed by atoms with Crippen molar-refractivity contribution < 1.29 is 17.2 Å². The number of nitrogens with two attached hydrogens (primary N) is 1. The number of fused-ring (bicyclic) bond motifs is 1. The van der Waals surface area contributed by atoms with E-state index in [9.17, 15) is 17.2 Å². The van der Waals surface area contributed by atoms with E-state index in [0.717, 1.165) is 0 Å². The van der Waals surface area contributed by atoms with Gasteiger partial charge in [-0.15, -0.1) is 0 Å². The number of anilines is 2. The first kappa shape index (κ1) is 18.8. The zero-order valence-electron chi connectivity index (χ0n) is 14.7. The lowest BCUT2D eigenvalue weighted by molar-refractivity contribution is 0.584. The second kappa shape index (κ2) is 7.15. The predicted molar refractivity (Wildman–Crippen MR) is 104 cm³/mol. The van der Waals surface area contributed by atoms with Gasteiger partial charge in [0.2, 0.25) is 21.9 Å². The largest absolute Gasteiger partial charge is 0.324 e. The summed E-state index contributed by atoms with van der Waals surface area (Å²) in [5.41, 5.74) is 1.72. The number of sulfonamides is 1. The summed E-state index contributed by atoms with van der Waals surface area (Å²) in [6.45, 7) is 0. The number of halogens is 2. The SMILES string of the molecule is NS(=O)(=O)c1cccc(Nc2ncc3cc(F)cc(-c4ccc(F)nc4)c3n2)c1. The molecule has 0 amide bonds. The normalized spacial score (nSPS) is 11.6. The lowest BCUT2D eigenvalue weighted by Gasteiger charge is -2.10. The maximum Gasteiger partial charge on any atom is 0.238 e. The number of nitrogens with zero attached hydrogens (tertiary/aromatic N) is 3. The van der Waals surface area contributed by atoms with E-state index in [1.165, 1.54) is 54.9 Å². The van der Waals surface area contributed by atoms with Crippen LogP contribution in [0.3, 0.4) is 0 Å². The smallest absolute Gasteiger partial charge is 0.238 e. The van der Waals surface area contributed by atoms with Crippen LogP contribution in [0.15, 0.2) is 65.8 Å². The van der Waals surface area contributed by atoms with Crippen molar-refractivity contribution in [3.05, 3.63) is 72.7 Å². The molecule has 0 atom stereocenters. The molecule has 2 aromatic heterocycles. The van der Waals surface area contributed by atoms with Gasteiger partial charge in [-0.1, -0.05) is 6.07 Å². The Morgan fingerprint density at radius 3 is 2.52 bits per heavy atom. The molecule has 0 saturated heterocycles. The average Bonchev–Trinajstić information content (AvgIpc) is 2.68. The van der Waals surface area contributed by atoms with E-state index in [-0.39, 0.29) is 10.8 Å². The molecule has 2 heterocycles. The first-order valence-electron chi connectivity index (χ1n) is 8.28. The van der Waals surface area contributed by atoms with Crippen molar-refractivity contribution in [2.45, 2.75) is 4.90 Å². The number of aromatic nitrogens is 3. The van der Waals surface area contributed by atoms with Gasteiger partial charge in [0.1, 0.15) is 5.82 Å². The summed E-state index contributed by atoms with van der Waals surface area (Å²) in [6.07, 6.45) is 2.71. The summed E-state index contributed by atoms with van der Waals surface area (Å²) in [4.78, 5) is 12.1. The Morgan fingerprint density at radius 2 is 1.79 bits per heavy atom. The summed E-state index contributed by atoms with van der Waals surface area (Å²) in [6, 6.07) is 11.1. The molecule has 0 saturated carbocycles. The van der Waals surface area contributed by atoms with Crippen molar-refractivity contribution in [2.24, 2.45) is 5.14 Å². The van der Waals surface area contributed by atoms with Gasteiger partial charge in [0.25, 0.3) is 0 Å². The van der Waals surface area contributed by atoms with Gasteiger partial charge in [-0.3, -0.25) is 0 Å². The first-order chi connectivity index (χ1) is 13.8. The zero-order valence-corrected chi connectivity index (χ0v) is 15.5. The van der Waals surface area contributed by atoms with E-state index in [2.05, 4.69) is 20.3 Å². The van der Waals surface area contributed by atoms with Gasteiger partial charge in [0, 0.05) is 34.6 Å². The highest BCUT2D eigenvalue weighted by molar-refractivity contribution is 7.89. The Labute approximate surface area is 164 Å². The topological polar surface area (TPSA) is 111 Å². The minimum absolute atomic E-state index is 0.0663. The van der Waals surface area contributed by atoms with E-state index in [1.807, 2.05) is 0 Å². The minimum atomic E-state index is -3.86. The summed E-state index contributed by atoms with van der Waals surface area (Å²) < 4.78 is 50.2. The highest BCUT2D eigenvalue weighted by atomic mass is 32.2. The van der Waals surface area contributed by atoms with E-state index in [0.29, 0.717) is 27.7 Å². The lowest BCUT2D eigenvalue weighted by atomic mass is 10.0. The third-order valence-electron chi connectivity index (χ3n) is 4.10. The molecule has 2 aromatic carbocycles. The van der Waals surface area contributed by atoms with Crippen molar-refractivity contribution in [3.63, 3.8) is 0 Å². The molecule has 0 radical (unpaired) electrons. The number of nitrogens with one attached hydrogen (secondary N) is 1. The van der Waals surface area contributed by atoms with Crippen LogP contribution in [0.2, 0.25) is 0 Å². The van der Waals surface area contributed by atoms with Gasteiger partial charge in [-0.2, -0.15) is 4.39 Å². The highest BCUT2D eigenvalue weighted by Gasteiger charge is 2.12. The number of hydrogen-bond acceptors (Lipinski definition) is 6. The third-order valence-corrected chi connectivity index (χ3v) is 5.02. The van der Waals surface area contributed by atoms with Crippen molar-refractivity contribution in [2.75, 3.05) is 5.32 Å². The van der Waals surface area contributed by atoms with Gasteiger partial charge < -0.3 is 5.32 Å². The van der Waals surface area contributed by atoms with Crippen LogP contribution in [0, 0.1) is 11.8 Å². The fourth-order valence-corrected chi connectivity index (χ4v) is 3.36. The fraction of sp³-hybridized carbons (Fsp3) is 0. The Bertz CT molecular complexity index is 1330. The lowest BCUT2D eigenvalue weighted by Crippen LogP contribution is -2.12. The molecular weight excluding hydrogens is 400 g/mol. The van der Waals surface area contributed by atoms with E-state index in [1.54, 1.807) is 6.07 Å². The monoisotopic (exact) mass is 413 g/mol. The molecule has 0 unspecified atom stereocenters. The van der Waals surface area contributed by atoms with Crippen LogP contribution >= 0.6 is 0 Å². The molecule has 0 aliphatic heterocycles. The molecule has 0 aliphatic rings. The molecule has 3 N–H and O–H groups in total. The molecule has 29 heavy (non-hydrogen) atoms. The van der Waals surface area contributed by atoms with Crippen LogP contribution in [0.25, 0.3) is 22.0 Å². The van der Waals surface area contributed by atoms with Gasteiger partial charge in [0.05, 0.1) is 10.4 Å². The zero-order chi connectivity index (χ0) is 20.6. The van der Waals surface area contributed by atoms with Crippen molar-refractivity contribution in [1.29, 1.82) is 0 Å². The molecule has 4 aromatic rings. The number of benzene rings is 2. The minimum Gasteiger partial charge on any atom is -0.324 e. The van der Waals surface area contributed by atoms with Crippen molar-refractivity contribution in [1.82, 2.24) is 15.0 Å². The second-order valence-electron chi connectivity index (χ2n) is 6.15. The maximum absolute atomic E-state index is 14.0. The van der Waals surface area contributed by atoms with E-state index >= 15 is 0 Å². The number of hydrogen-bond donors (Lipinski definition) is 2. The van der Waals surface area contributed by atoms with Crippen molar-refractivity contribution in [3.8, 4) is 11.1 Å². The van der Waals surface area contributed by atoms with Crippen LogP contribution in [-0.2, 0) is 10.0 Å². The molecule has 4 rings (SSSR count). The second-order valence-corrected chi connectivity index (χ2v) is 7.71. The first-order valence-corrected chi connectivity index (χ1v) is 9.82. The molecule has 0 spiro atoms. The fourth-order valence-electron chi connectivity index (χ4n) is 2.80. The number of primary sulfonamides is 1. The van der Waals surface area contributed by atoms with Gasteiger partial charge in [-0.25, -0.2) is 32.9 Å². The summed E-state index contributed by atoms with van der Waals surface area (Å²) in [7, 11) is -3.86. The van der Waals surface area contributed by atoms with Crippen molar-refractivity contribution >= 4 is 32.6 Å². The molecular formula is C19H13F2N5O2S. The molecule has 0 bridgehead atoms. The summed E-state index contributed by atoms with van der Waals surface area (Å²) >= 11 is 0. The predicted octanol–water partition coefficient (Wildman–Crippen LogP) is 3.36. The van der Waals surface area contributed by atoms with Gasteiger partial charge in [0.15, 0.2) is 0 Å². The van der Waals surface area contributed by atoms with Gasteiger partial charge in [-0.05, 0) is 42.5 Å². The third kappa shape index (κ3) is 4.03. The van der Waals surface area contributed by atoms with Crippen LogP contribution in [0.5, 0.6) is 0 Å². The number of pyridine rings is 1. The highest BCUT2D eigenvalue weighted by Crippen LogP contribution is 2.29. The molecule has 0 fully saturated rings. The maximum atomic E-state index is 14.0. The quantitative estimate of drug-likeness (QED) is 0.497. The van der Waals surface area contributed by atoms with E-state index < -0.39 is 21.8 Å². The van der Waals surface area contributed by atoms with Crippen LogP contribution in [0.1, 0.15) is 0 Å². The number of rotatable bonds is 4. The summed E-state index contributed by atoms with van der Waals surface area (Å²) in [5, 5.41) is 8.49. The summed E-state index contributed by atoms with van der Waals surface area (Å²) in [5.74, 6) is -0.991. The van der Waals surface area contributed by atoms with E-state index in [4.69, 9.17) is 5.14 Å². The van der Waals surface area contributed by atoms with Crippen LogP contribution in [0.4, 0.5) is 20.4 Å². The van der Waals surface area contributed by atoms with Gasteiger partial charge >= 0.3 is 0 Å². The molecule has 10 heteroatoms. The van der Waals surface area contributed by atoms with Crippen LogP contribution < -0.4 is 10.5 Å².